The first-order valence-electron chi connectivity index (χ1n) is 10.3. The maximum absolute atomic E-state index is 13.1. The molecule has 0 saturated carbocycles. The maximum atomic E-state index is 13.1. The smallest absolute Gasteiger partial charge is 0.228 e. The molecule has 4 rings (SSSR count). The zero-order valence-corrected chi connectivity index (χ0v) is 16.8. The number of nitrogens with zero attached hydrogens (tertiary/aromatic N) is 3. The molecule has 0 N–H and O–H groups in total. The van der Waals surface area contributed by atoms with Crippen molar-refractivity contribution in [1.82, 2.24) is 9.80 Å². The zero-order valence-electron chi connectivity index (χ0n) is 16.8. The lowest BCUT2D eigenvalue weighted by atomic mass is 10.1. The Labute approximate surface area is 174 Å². The van der Waals surface area contributed by atoms with Crippen LogP contribution in [-0.2, 0) is 16.0 Å². The summed E-state index contributed by atoms with van der Waals surface area (Å²) < 4.78 is 26.1. The Balaban J connectivity index is 1.27. The number of halogens is 2. The van der Waals surface area contributed by atoms with Gasteiger partial charge >= 0.3 is 0 Å². The number of hydrogen-bond acceptors (Lipinski definition) is 3. The van der Waals surface area contributed by atoms with Gasteiger partial charge in [-0.15, -0.1) is 0 Å². The molecule has 0 bridgehead atoms. The normalized spacial score (nSPS) is 19.5. The molecule has 0 unspecified atom stereocenters. The van der Waals surface area contributed by atoms with E-state index in [1.807, 2.05) is 4.90 Å². The summed E-state index contributed by atoms with van der Waals surface area (Å²) in [6, 6.07) is 12.7. The first-order chi connectivity index (χ1) is 14.5. The molecule has 2 heterocycles. The van der Waals surface area contributed by atoms with Gasteiger partial charge in [0.25, 0.3) is 0 Å². The van der Waals surface area contributed by atoms with Gasteiger partial charge in [-0.1, -0.05) is 12.1 Å². The highest BCUT2D eigenvalue weighted by atomic mass is 19.1. The van der Waals surface area contributed by atoms with E-state index in [1.54, 1.807) is 29.2 Å². The minimum absolute atomic E-state index is 0.000379. The number of amides is 2. The van der Waals surface area contributed by atoms with E-state index in [9.17, 15) is 18.4 Å². The van der Waals surface area contributed by atoms with E-state index in [2.05, 4.69) is 4.90 Å². The predicted octanol–water partition coefficient (Wildman–Crippen LogP) is 2.70. The van der Waals surface area contributed by atoms with E-state index in [0.29, 0.717) is 45.7 Å². The molecule has 2 aliphatic heterocycles. The van der Waals surface area contributed by atoms with Crippen molar-refractivity contribution in [1.29, 1.82) is 0 Å². The molecule has 1 atom stereocenters. The number of carbonyl (C=O) groups excluding carboxylic acids is 2. The molecule has 2 fully saturated rings. The van der Waals surface area contributed by atoms with Gasteiger partial charge in [-0.3, -0.25) is 9.59 Å². The third-order valence-corrected chi connectivity index (χ3v) is 5.93. The van der Waals surface area contributed by atoms with E-state index in [0.717, 1.165) is 11.3 Å². The molecule has 2 amide bonds. The van der Waals surface area contributed by atoms with Gasteiger partial charge in [0, 0.05) is 51.4 Å². The number of anilines is 1. The standard InChI is InChI=1S/C23H25F2N3O2/c24-19-3-1-17(2-4-19)9-10-28-16-18(15-22(28)29)23(30)27-13-11-26(12-14-27)21-7-5-20(25)6-8-21/h1-8,18H,9-16H2/t18-/m1/s1. The number of hydrogen-bond donors (Lipinski definition) is 0. The third-order valence-electron chi connectivity index (χ3n) is 5.93. The average molecular weight is 413 g/mol. The van der Waals surface area contributed by atoms with Crippen LogP contribution in [-0.4, -0.2) is 60.9 Å². The SMILES string of the molecule is O=C1C[C@@H](C(=O)N2CCN(c3ccc(F)cc3)CC2)CN1CCc1ccc(F)cc1. The number of rotatable bonds is 5. The summed E-state index contributed by atoms with van der Waals surface area (Å²) in [5.74, 6) is -0.807. The number of piperazine rings is 1. The van der Waals surface area contributed by atoms with Crippen molar-refractivity contribution in [2.75, 3.05) is 44.2 Å². The number of benzene rings is 2. The van der Waals surface area contributed by atoms with E-state index in [4.69, 9.17) is 0 Å². The van der Waals surface area contributed by atoms with Crippen molar-refractivity contribution in [3.8, 4) is 0 Å². The van der Waals surface area contributed by atoms with E-state index >= 15 is 0 Å². The molecule has 2 aliphatic rings. The van der Waals surface area contributed by atoms with Crippen LogP contribution in [0.1, 0.15) is 12.0 Å². The Kier molecular flexibility index (Phi) is 5.97. The molecule has 0 radical (unpaired) electrons. The van der Waals surface area contributed by atoms with Gasteiger partial charge in [0.05, 0.1) is 5.92 Å². The van der Waals surface area contributed by atoms with Crippen molar-refractivity contribution in [3.63, 3.8) is 0 Å². The van der Waals surface area contributed by atoms with Gasteiger partial charge in [-0.05, 0) is 48.4 Å². The molecule has 2 saturated heterocycles. The lowest BCUT2D eigenvalue weighted by molar-refractivity contribution is -0.136. The highest BCUT2D eigenvalue weighted by molar-refractivity contribution is 5.89. The lowest BCUT2D eigenvalue weighted by Crippen LogP contribution is -2.50. The van der Waals surface area contributed by atoms with E-state index in [-0.39, 0.29) is 35.8 Å². The van der Waals surface area contributed by atoms with Crippen LogP contribution in [0.15, 0.2) is 48.5 Å². The fourth-order valence-corrected chi connectivity index (χ4v) is 4.16. The Morgan fingerprint density at radius 3 is 2.13 bits per heavy atom. The molecule has 0 aliphatic carbocycles. The second-order valence-electron chi connectivity index (χ2n) is 7.91. The highest BCUT2D eigenvalue weighted by Gasteiger charge is 2.37. The first-order valence-corrected chi connectivity index (χ1v) is 10.3. The van der Waals surface area contributed by atoms with Crippen molar-refractivity contribution in [3.05, 3.63) is 65.7 Å². The molecule has 30 heavy (non-hydrogen) atoms. The van der Waals surface area contributed by atoms with Gasteiger partial charge in [-0.2, -0.15) is 0 Å². The predicted molar refractivity (Wildman–Crippen MR) is 110 cm³/mol. The summed E-state index contributed by atoms with van der Waals surface area (Å²) in [6.07, 6.45) is 0.893. The lowest BCUT2D eigenvalue weighted by Gasteiger charge is -2.37. The minimum Gasteiger partial charge on any atom is -0.368 e. The summed E-state index contributed by atoms with van der Waals surface area (Å²) in [4.78, 5) is 31.0. The number of carbonyl (C=O) groups is 2. The zero-order chi connectivity index (χ0) is 21.1. The molecule has 2 aromatic rings. The fourth-order valence-electron chi connectivity index (χ4n) is 4.16. The Morgan fingerprint density at radius 2 is 1.50 bits per heavy atom. The van der Waals surface area contributed by atoms with Crippen LogP contribution in [0.4, 0.5) is 14.5 Å². The van der Waals surface area contributed by atoms with Crippen molar-refractivity contribution in [2.24, 2.45) is 5.92 Å². The van der Waals surface area contributed by atoms with Crippen molar-refractivity contribution in [2.45, 2.75) is 12.8 Å². The van der Waals surface area contributed by atoms with Crippen LogP contribution in [0.25, 0.3) is 0 Å². The van der Waals surface area contributed by atoms with Crippen LogP contribution in [0, 0.1) is 17.6 Å². The third kappa shape index (κ3) is 4.61. The van der Waals surface area contributed by atoms with Gasteiger partial charge in [-0.25, -0.2) is 8.78 Å². The Hall–Kier alpha value is -2.96. The Bertz CT molecular complexity index is 894. The monoisotopic (exact) mass is 413 g/mol. The van der Waals surface area contributed by atoms with E-state index < -0.39 is 0 Å². The summed E-state index contributed by atoms with van der Waals surface area (Å²) in [7, 11) is 0. The van der Waals surface area contributed by atoms with Gasteiger partial charge in [0.1, 0.15) is 11.6 Å². The van der Waals surface area contributed by atoms with Gasteiger partial charge < -0.3 is 14.7 Å². The summed E-state index contributed by atoms with van der Waals surface area (Å²) in [6.45, 7) is 3.54. The molecular weight excluding hydrogens is 388 g/mol. The summed E-state index contributed by atoms with van der Waals surface area (Å²) in [5.41, 5.74) is 1.92. The summed E-state index contributed by atoms with van der Waals surface area (Å²) in [5, 5.41) is 0. The second kappa shape index (κ2) is 8.81. The van der Waals surface area contributed by atoms with Gasteiger partial charge in [0.15, 0.2) is 0 Å². The largest absolute Gasteiger partial charge is 0.368 e. The molecule has 158 valence electrons. The molecular formula is C23H25F2N3O2. The van der Waals surface area contributed by atoms with Crippen LogP contribution < -0.4 is 4.90 Å². The first kappa shape index (κ1) is 20.3. The number of likely N-dealkylation sites (tertiary alicyclic amines) is 1. The van der Waals surface area contributed by atoms with Crippen LogP contribution >= 0.6 is 0 Å². The Morgan fingerprint density at radius 1 is 0.900 bits per heavy atom. The minimum atomic E-state index is -0.303. The van der Waals surface area contributed by atoms with Crippen LogP contribution in [0.2, 0.25) is 0 Å². The molecule has 2 aromatic carbocycles. The fraction of sp³-hybridized carbons (Fsp3) is 0.391. The highest BCUT2D eigenvalue weighted by Crippen LogP contribution is 2.23. The average Bonchev–Trinajstić information content (AvgIpc) is 3.14. The quantitative estimate of drug-likeness (QED) is 0.757. The van der Waals surface area contributed by atoms with Crippen LogP contribution in [0.5, 0.6) is 0 Å². The van der Waals surface area contributed by atoms with Crippen LogP contribution in [0.3, 0.4) is 0 Å². The molecule has 0 spiro atoms. The second-order valence-corrected chi connectivity index (χ2v) is 7.91. The van der Waals surface area contributed by atoms with Crippen molar-refractivity contribution >= 4 is 17.5 Å². The molecule has 0 aromatic heterocycles. The van der Waals surface area contributed by atoms with E-state index in [1.165, 1.54) is 24.3 Å². The maximum Gasteiger partial charge on any atom is 0.228 e. The molecule has 5 nitrogen and oxygen atoms in total. The topological polar surface area (TPSA) is 43.9 Å². The summed E-state index contributed by atoms with van der Waals surface area (Å²) >= 11 is 0. The molecule has 7 heteroatoms. The van der Waals surface area contributed by atoms with Crippen molar-refractivity contribution < 1.29 is 18.4 Å². The van der Waals surface area contributed by atoms with Gasteiger partial charge in [0.2, 0.25) is 11.8 Å².